The van der Waals surface area contributed by atoms with Gasteiger partial charge < -0.3 is 14.2 Å². The number of hydrogen-bond donors (Lipinski definition) is 0. The molecule has 27 heavy (non-hydrogen) atoms. The Hall–Kier alpha value is -3.08. The van der Waals surface area contributed by atoms with Crippen LogP contribution in [-0.4, -0.2) is 36.1 Å². The van der Waals surface area contributed by atoms with Gasteiger partial charge in [0.15, 0.2) is 5.58 Å². The summed E-state index contributed by atoms with van der Waals surface area (Å²) in [5.41, 5.74) is 5.37. The number of para-hydroxylation sites is 3. The largest absolute Gasteiger partial charge is 0.423 e. The standard InChI is InChI=1S/C22H22N4O/c1-15-6-5-7-17-16(2)14-20(24-21(15)17)25-10-12-26(13-11-25)22-23-18-8-3-4-9-19(18)27-22/h3-9,14H,10-13H2,1-2H3. The fourth-order valence-corrected chi connectivity index (χ4v) is 3.83. The molecule has 1 aliphatic rings. The Morgan fingerprint density at radius 3 is 2.41 bits per heavy atom. The van der Waals surface area contributed by atoms with Gasteiger partial charge in [-0.2, -0.15) is 4.98 Å². The summed E-state index contributed by atoms with van der Waals surface area (Å²) in [6, 6.07) is 17.2. The van der Waals surface area contributed by atoms with Crippen LogP contribution in [0.25, 0.3) is 22.0 Å². The molecule has 2 aromatic carbocycles. The minimum absolute atomic E-state index is 0.717. The molecule has 0 radical (unpaired) electrons. The Labute approximate surface area is 158 Å². The molecule has 0 unspecified atom stereocenters. The van der Waals surface area contributed by atoms with Crippen molar-refractivity contribution in [2.45, 2.75) is 13.8 Å². The maximum Gasteiger partial charge on any atom is 0.298 e. The minimum Gasteiger partial charge on any atom is -0.423 e. The Balaban J connectivity index is 1.38. The molecular weight excluding hydrogens is 336 g/mol. The third-order valence-corrected chi connectivity index (χ3v) is 5.39. The van der Waals surface area contributed by atoms with Crippen LogP contribution < -0.4 is 9.80 Å². The number of benzene rings is 2. The summed E-state index contributed by atoms with van der Waals surface area (Å²) in [7, 11) is 0. The third-order valence-electron chi connectivity index (χ3n) is 5.39. The molecule has 3 heterocycles. The van der Waals surface area contributed by atoms with Gasteiger partial charge in [-0.05, 0) is 43.2 Å². The second-order valence-electron chi connectivity index (χ2n) is 7.21. The number of rotatable bonds is 2. The van der Waals surface area contributed by atoms with E-state index in [1.165, 1.54) is 16.5 Å². The van der Waals surface area contributed by atoms with Gasteiger partial charge in [-0.25, -0.2) is 4.98 Å². The summed E-state index contributed by atoms with van der Waals surface area (Å²) in [5, 5.41) is 1.24. The van der Waals surface area contributed by atoms with Crippen molar-refractivity contribution in [2.75, 3.05) is 36.0 Å². The number of aromatic nitrogens is 2. The van der Waals surface area contributed by atoms with Crippen LogP contribution in [0, 0.1) is 13.8 Å². The minimum atomic E-state index is 0.717. The molecule has 136 valence electrons. The highest BCUT2D eigenvalue weighted by Crippen LogP contribution is 2.27. The summed E-state index contributed by atoms with van der Waals surface area (Å²) in [6.07, 6.45) is 0. The lowest BCUT2D eigenvalue weighted by Gasteiger charge is -2.34. The van der Waals surface area contributed by atoms with Gasteiger partial charge in [-0.1, -0.05) is 30.3 Å². The predicted octanol–water partition coefficient (Wildman–Crippen LogP) is 4.32. The Kier molecular flexibility index (Phi) is 3.74. The monoisotopic (exact) mass is 358 g/mol. The van der Waals surface area contributed by atoms with Gasteiger partial charge in [0.05, 0.1) is 5.52 Å². The van der Waals surface area contributed by atoms with Gasteiger partial charge in [0.25, 0.3) is 6.01 Å². The summed E-state index contributed by atoms with van der Waals surface area (Å²) >= 11 is 0. The molecule has 1 saturated heterocycles. The van der Waals surface area contributed by atoms with E-state index in [2.05, 4.69) is 52.9 Å². The van der Waals surface area contributed by atoms with E-state index in [1.807, 2.05) is 24.3 Å². The topological polar surface area (TPSA) is 45.4 Å². The number of anilines is 2. The molecule has 5 rings (SSSR count). The molecule has 5 heteroatoms. The second kappa shape index (κ2) is 6.27. The molecule has 0 bridgehead atoms. The summed E-state index contributed by atoms with van der Waals surface area (Å²) < 4.78 is 5.92. The predicted molar refractivity (Wildman–Crippen MR) is 110 cm³/mol. The van der Waals surface area contributed by atoms with Crippen LogP contribution in [0.2, 0.25) is 0 Å². The molecular formula is C22H22N4O. The van der Waals surface area contributed by atoms with Crippen LogP contribution in [0.5, 0.6) is 0 Å². The fourth-order valence-electron chi connectivity index (χ4n) is 3.83. The van der Waals surface area contributed by atoms with Crippen LogP contribution in [0.3, 0.4) is 0 Å². The van der Waals surface area contributed by atoms with Crippen molar-refractivity contribution in [2.24, 2.45) is 0 Å². The van der Waals surface area contributed by atoms with Crippen LogP contribution in [0.4, 0.5) is 11.8 Å². The van der Waals surface area contributed by atoms with Gasteiger partial charge in [-0.3, -0.25) is 0 Å². The van der Waals surface area contributed by atoms with E-state index in [9.17, 15) is 0 Å². The summed E-state index contributed by atoms with van der Waals surface area (Å²) in [6.45, 7) is 7.86. The van der Waals surface area contributed by atoms with Gasteiger partial charge in [-0.15, -0.1) is 0 Å². The van der Waals surface area contributed by atoms with E-state index in [0.717, 1.165) is 48.6 Å². The van der Waals surface area contributed by atoms with Crippen molar-refractivity contribution in [3.8, 4) is 0 Å². The van der Waals surface area contributed by atoms with Crippen LogP contribution in [0.15, 0.2) is 52.9 Å². The highest BCUT2D eigenvalue weighted by atomic mass is 16.4. The third kappa shape index (κ3) is 2.79. The smallest absolute Gasteiger partial charge is 0.298 e. The first-order valence-corrected chi connectivity index (χ1v) is 9.41. The van der Waals surface area contributed by atoms with Gasteiger partial charge in [0.1, 0.15) is 11.3 Å². The van der Waals surface area contributed by atoms with E-state index in [0.29, 0.717) is 6.01 Å². The molecule has 5 nitrogen and oxygen atoms in total. The van der Waals surface area contributed by atoms with Crippen molar-refractivity contribution in [3.05, 3.63) is 59.7 Å². The lowest BCUT2D eigenvalue weighted by Crippen LogP contribution is -2.47. The highest BCUT2D eigenvalue weighted by Gasteiger charge is 2.22. The number of oxazole rings is 1. The molecule has 0 aliphatic carbocycles. The summed E-state index contributed by atoms with van der Waals surface area (Å²) in [4.78, 5) is 14.2. The Morgan fingerprint density at radius 1 is 0.815 bits per heavy atom. The van der Waals surface area contributed by atoms with Gasteiger partial charge >= 0.3 is 0 Å². The van der Waals surface area contributed by atoms with Gasteiger partial charge in [0, 0.05) is 31.6 Å². The first kappa shape index (κ1) is 16.1. The molecule has 0 atom stereocenters. The van der Waals surface area contributed by atoms with Gasteiger partial charge in [0.2, 0.25) is 0 Å². The summed E-state index contributed by atoms with van der Waals surface area (Å²) in [5.74, 6) is 1.06. The van der Waals surface area contributed by atoms with E-state index in [-0.39, 0.29) is 0 Å². The molecule has 0 amide bonds. The van der Waals surface area contributed by atoms with Crippen molar-refractivity contribution in [1.82, 2.24) is 9.97 Å². The lowest BCUT2D eigenvalue weighted by atomic mass is 10.1. The number of pyridine rings is 1. The van der Waals surface area contributed by atoms with E-state index in [1.54, 1.807) is 0 Å². The Bertz CT molecular complexity index is 1090. The zero-order valence-electron chi connectivity index (χ0n) is 15.6. The first-order chi connectivity index (χ1) is 13.2. The molecule has 2 aromatic heterocycles. The number of fused-ring (bicyclic) bond motifs is 2. The molecule has 1 fully saturated rings. The highest BCUT2D eigenvalue weighted by molar-refractivity contribution is 5.86. The molecule has 1 aliphatic heterocycles. The maximum atomic E-state index is 5.92. The first-order valence-electron chi connectivity index (χ1n) is 9.41. The molecule has 0 saturated carbocycles. The molecule has 0 N–H and O–H groups in total. The number of hydrogen-bond acceptors (Lipinski definition) is 5. The lowest BCUT2D eigenvalue weighted by molar-refractivity contribution is 0.540. The van der Waals surface area contributed by atoms with Crippen LogP contribution >= 0.6 is 0 Å². The number of aryl methyl sites for hydroxylation is 2. The molecule has 0 spiro atoms. The van der Waals surface area contributed by atoms with Crippen molar-refractivity contribution in [3.63, 3.8) is 0 Å². The zero-order valence-corrected chi connectivity index (χ0v) is 15.6. The maximum absolute atomic E-state index is 5.92. The molecule has 4 aromatic rings. The second-order valence-corrected chi connectivity index (χ2v) is 7.21. The van der Waals surface area contributed by atoms with Crippen LogP contribution in [0.1, 0.15) is 11.1 Å². The van der Waals surface area contributed by atoms with E-state index < -0.39 is 0 Å². The fraction of sp³-hybridized carbons (Fsp3) is 0.273. The Morgan fingerprint density at radius 2 is 1.59 bits per heavy atom. The van der Waals surface area contributed by atoms with Crippen molar-refractivity contribution >= 4 is 33.8 Å². The van der Waals surface area contributed by atoms with E-state index >= 15 is 0 Å². The number of piperazine rings is 1. The normalized spacial score (nSPS) is 15.0. The zero-order chi connectivity index (χ0) is 18.4. The average Bonchev–Trinajstić information content (AvgIpc) is 3.13. The quantitative estimate of drug-likeness (QED) is 0.534. The van der Waals surface area contributed by atoms with E-state index in [4.69, 9.17) is 9.40 Å². The number of nitrogens with zero attached hydrogens (tertiary/aromatic N) is 4. The van der Waals surface area contributed by atoms with Crippen molar-refractivity contribution < 1.29 is 4.42 Å². The van der Waals surface area contributed by atoms with Crippen molar-refractivity contribution in [1.29, 1.82) is 0 Å². The van der Waals surface area contributed by atoms with Crippen LogP contribution in [-0.2, 0) is 0 Å². The average molecular weight is 358 g/mol. The SMILES string of the molecule is Cc1cc(N2CCN(c3nc4ccccc4o3)CC2)nc2c(C)cccc12.